The number of hydrogen-bond donors (Lipinski definition) is 1. The van der Waals surface area contributed by atoms with Gasteiger partial charge in [0.25, 0.3) is 0 Å². The van der Waals surface area contributed by atoms with Gasteiger partial charge in [0.05, 0.1) is 11.3 Å². The Morgan fingerprint density at radius 2 is 1.83 bits per heavy atom. The molecule has 9 heteroatoms. The van der Waals surface area contributed by atoms with E-state index in [1.54, 1.807) is 32.0 Å². The molecule has 0 spiro atoms. The highest BCUT2D eigenvalue weighted by Crippen LogP contribution is 2.27. The normalized spacial score (nSPS) is 15.3. The number of nitrogens with one attached hydrogen (secondary N) is 1. The first-order chi connectivity index (χ1) is 13.7. The van der Waals surface area contributed by atoms with E-state index in [4.69, 9.17) is 23.2 Å². The number of rotatable bonds is 5. The molecule has 0 radical (unpaired) electrons. The van der Waals surface area contributed by atoms with E-state index in [1.807, 2.05) is 0 Å². The number of sulfonamides is 1. The number of aryl methyl sites for hydroxylation is 2. The Morgan fingerprint density at radius 1 is 1.14 bits per heavy atom. The molecule has 0 unspecified atom stereocenters. The fourth-order valence-corrected chi connectivity index (χ4v) is 5.49. The van der Waals surface area contributed by atoms with Crippen LogP contribution in [0.1, 0.15) is 36.1 Å². The van der Waals surface area contributed by atoms with Crippen molar-refractivity contribution in [1.29, 1.82) is 0 Å². The van der Waals surface area contributed by atoms with E-state index < -0.39 is 10.0 Å². The van der Waals surface area contributed by atoms with Crippen LogP contribution in [0.2, 0.25) is 10.2 Å². The minimum Gasteiger partial charge on any atom is -0.326 e. The number of aromatic nitrogens is 1. The number of nitrogens with zero attached hydrogens (tertiary/aromatic N) is 2. The number of amides is 1. The molecule has 3 rings (SSSR count). The number of hydrogen-bond acceptors (Lipinski definition) is 4. The summed E-state index contributed by atoms with van der Waals surface area (Å²) in [5.74, 6) is -0.352. The van der Waals surface area contributed by atoms with Crippen molar-refractivity contribution in [2.24, 2.45) is 0 Å². The fourth-order valence-electron chi connectivity index (χ4n) is 3.29. The molecule has 2 aromatic rings. The Morgan fingerprint density at radius 3 is 2.48 bits per heavy atom. The van der Waals surface area contributed by atoms with Crippen molar-refractivity contribution in [3.8, 4) is 0 Å². The first-order valence-corrected chi connectivity index (χ1v) is 11.6. The first kappa shape index (κ1) is 22.0. The lowest BCUT2D eigenvalue weighted by molar-refractivity contribution is -0.115. The van der Waals surface area contributed by atoms with Crippen molar-refractivity contribution < 1.29 is 13.2 Å². The second-order valence-corrected chi connectivity index (χ2v) is 9.88. The summed E-state index contributed by atoms with van der Waals surface area (Å²) in [5.41, 5.74) is 2.30. The lowest BCUT2D eigenvalue weighted by Gasteiger charge is -2.26. The number of anilines is 1. The molecule has 1 aliphatic heterocycles. The zero-order valence-electron chi connectivity index (χ0n) is 16.3. The van der Waals surface area contributed by atoms with Gasteiger partial charge in [-0.3, -0.25) is 4.79 Å². The number of benzene rings is 1. The molecule has 1 aliphatic rings. The lowest BCUT2D eigenvalue weighted by atomic mass is 10.1. The second kappa shape index (κ2) is 9.00. The number of pyridine rings is 1. The fraction of sp³-hybridized carbons (Fsp3) is 0.400. The highest BCUT2D eigenvalue weighted by Gasteiger charge is 2.26. The third-order valence-corrected chi connectivity index (χ3v) is 7.47. The monoisotopic (exact) mass is 455 g/mol. The largest absolute Gasteiger partial charge is 0.326 e. The van der Waals surface area contributed by atoms with E-state index in [-0.39, 0.29) is 22.4 Å². The van der Waals surface area contributed by atoms with Gasteiger partial charge in [-0.15, -0.1) is 0 Å². The zero-order valence-corrected chi connectivity index (χ0v) is 18.7. The average molecular weight is 456 g/mol. The van der Waals surface area contributed by atoms with Crippen LogP contribution in [0, 0.1) is 13.8 Å². The molecule has 2 heterocycles. The quantitative estimate of drug-likeness (QED) is 0.678. The highest BCUT2D eigenvalue weighted by molar-refractivity contribution is 7.89. The van der Waals surface area contributed by atoms with E-state index in [0.717, 1.165) is 24.8 Å². The minimum absolute atomic E-state index is 0.0620. The average Bonchev–Trinajstić information content (AvgIpc) is 2.67. The standard InChI is InChI=1S/C20H23Cl2N3O3S/c1-13-6-7-15(29(27,28)25-8-4-3-5-9-25)11-18(13)24-19(26)12-16-17(21)10-14(2)23-20(16)22/h6-7,10-11H,3-5,8-9,12H2,1-2H3,(H,24,26). The predicted molar refractivity (Wildman–Crippen MR) is 115 cm³/mol. The van der Waals surface area contributed by atoms with Crippen LogP contribution in [0.5, 0.6) is 0 Å². The molecule has 1 saturated heterocycles. The van der Waals surface area contributed by atoms with Crippen LogP contribution in [0.4, 0.5) is 5.69 Å². The van der Waals surface area contributed by atoms with Crippen LogP contribution < -0.4 is 5.32 Å². The molecule has 29 heavy (non-hydrogen) atoms. The van der Waals surface area contributed by atoms with Crippen LogP contribution in [0.3, 0.4) is 0 Å². The molecule has 1 aromatic carbocycles. The summed E-state index contributed by atoms with van der Waals surface area (Å²) in [7, 11) is -3.58. The summed E-state index contributed by atoms with van der Waals surface area (Å²) in [6.45, 7) is 4.62. The van der Waals surface area contributed by atoms with Crippen LogP contribution in [0.25, 0.3) is 0 Å². The minimum atomic E-state index is -3.58. The zero-order chi connectivity index (χ0) is 21.2. The molecule has 6 nitrogen and oxygen atoms in total. The molecule has 0 bridgehead atoms. The van der Waals surface area contributed by atoms with Crippen molar-refractivity contribution in [3.63, 3.8) is 0 Å². The summed E-state index contributed by atoms with van der Waals surface area (Å²) in [5, 5.41) is 3.33. The number of carbonyl (C=O) groups is 1. The van der Waals surface area contributed by atoms with Crippen molar-refractivity contribution >= 4 is 44.8 Å². The van der Waals surface area contributed by atoms with Crippen molar-refractivity contribution in [2.45, 2.75) is 44.4 Å². The Hall–Kier alpha value is -1.67. The van der Waals surface area contributed by atoms with Gasteiger partial charge in [0, 0.05) is 35.1 Å². The van der Waals surface area contributed by atoms with Crippen LogP contribution in [0.15, 0.2) is 29.2 Å². The van der Waals surface area contributed by atoms with Gasteiger partial charge >= 0.3 is 0 Å². The Kier molecular flexibility index (Phi) is 6.83. The topological polar surface area (TPSA) is 79.4 Å². The van der Waals surface area contributed by atoms with Crippen molar-refractivity contribution in [2.75, 3.05) is 18.4 Å². The van der Waals surface area contributed by atoms with E-state index in [9.17, 15) is 13.2 Å². The predicted octanol–water partition coefficient (Wildman–Crippen LogP) is 4.36. The van der Waals surface area contributed by atoms with E-state index in [1.165, 1.54) is 10.4 Å². The summed E-state index contributed by atoms with van der Waals surface area (Å²) >= 11 is 12.3. The third kappa shape index (κ3) is 5.09. The smallest absolute Gasteiger partial charge is 0.243 e. The summed E-state index contributed by atoms with van der Waals surface area (Å²) in [6, 6.07) is 6.42. The van der Waals surface area contributed by atoms with Gasteiger partial charge < -0.3 is 5.32 Å². The Bertz CT molecular complexity index is 1010. The van der Waals surface area contributed by atoms with Crippen LogP contribution >= 0.6 is 23.2 Å². The summed E-state index contributed by atoms with van der Waals surface area (Å²) < 4.78 is 27.3. The van der Waals surface area contributed by atoms with Crippen molar-refractivity contribution in [1.82, 2.24) is 9.29 Å². The van der Waals surface area contributed by atoms with Crippen molar-refractivity contribution in [3.05, 3.63) is 51.3 Å². The van der Waals surface area contributed by atoms with Gasteiger partial charge in [0.2, 0.25) is 15.9 Å². The second-order valence-electron chi connectivity index (χ2n) is 7.18. The maximum Gasteiger partial charge on any atom is 0.243 e. The number of halogens is 2. The van der Waals surface area contributed by atoms with Gasteiger partial charge in [-0.05, 0) is 50.5 Å². The Labute approximate surface area is 181 Å². The van der Waals surface area contributed by atoms with Gasteiger partial charge in [-0.1, -0.05) is 35.7 Å². The molecular weight excluding hydrogens is 433 g/mol. The molecule has 1 amide bonds. The molecule has 156 valence electrons. The van der Waals surface area contributed by atoms with Gasteiger partial charge in [-0.2, -0.15) is 4.31 Å². The molecule has 0 atom stereocenters. The van der Waals surface area contributed by atoms with E-state index >= 15 is 0 Å². The summed E-state index contributed by atoms with van der Waals surface area (Å²) in [6.07, 6.45) is 2.70. The van der Waals surface area contributed by atoms with Crippen LogP contribution in [-0.2, 0) is 21.2 Å². The summed E-state index contributed by atoms with van der Waals surface area (Å²) in [4.78, 5) is 16.9. The maximum atomic E-state index is 12.9. The molecule has 1 fully saturated rings. The number of carbonyl (C=O) groups excluding carboxylic acids is 1. The molecule has 0 saturated carbocycles. The van der Waals surface area contributed by atoms with Gasteiger partial charge in [0.1, 0.15) is 5.15 Å². The molecule has 0 aliphatic carbocycles. The van der Waals surface area contributed by atoms with E-state index in [2.05, 4.69) is 10.3 Å². The molecule has 1 N–H and O–H groups in total. The number of piperidine rings is 1. The maximum absolute atomic E-state index is 12.9. The van der Waals surface area contributed by atoms with E-state index in [0.29, 0.717) is 35.1 Å². The van der Waals surface area contributed by atoms with Gasteiger partial charge in [-0.25, -0.2) is 13.4 Å². The lowest BCUT2D eigenvalue weighted by Crippen LogP contribution is -2.35. The highest BCUT2D eigenvalue weighted by atomic mass is 35.5. The third-order valence-electron chi connectivity index (χ3n) is 4.92. The van der Waals surface area contributed by atoms with Gasteiger partial charge in [0.15, 0.2) is 0 Å². The Balaban J connectivity index is 1.81. The van der Waals surface area contributed by atoms with Crippen LogP contribution in [-0.4, -0.2) is 36.7 Å². The SMILES string of the molecule is Cc1cc(Cl)c(CC(=O)Nc2cc(S(=O)(=O)N3CCCCC3)ccc2C)c(Cl)n1. The molecular formula is C20H23Cl2N3O3S. The first-order valence-electron chi connectivity index (χ1n) is 9.40. The molecule has 1 aromatic heterocycles.